The quantitative estimate of drug-likeness (QED) is 0.657. The number of ether oxygens (including phenoxy) is 1. The lowest BCUT2D eigenvalue weighted by Gasteiger charge is -2.06. The summed E-state index contributed by atoms with van der Waals surface area (Å²) in [6.07, 6.45) is 2.83. The molecule has 2 rings (SSSR count). The van der Waals surface area contributed by atoms with Gasteiger partial charge in [-0.25, -0.2) is 4.98 Å². The van der Waals surface area contributed by atoms with Gasteiger partial charge in [-0.05, 0) is 11.6 Å². The van der Waals surface area contributed by atoms with Crippen LogP contribution in [0.25, 0.3) is 5.95 Å². The van der Waals surface area contributed by atoms with Crippen molar-refractivity contribution in [1.82, 2.24) is 29.7 Å². The molecule has 19 heavy (non-hydrogen) atoms. The molecule has 0 spiro atoms. The molecule has 2 aromatic heterocycles. The van der Waals surface area contributed by atoms with Gasteiger partial charge in [-0.2, -0.15) is 24.7 Å². The van der Waals surface area contributed by atoms with Crippen molar-refractivity contribution in [2.75, 3.05) is 31.7 Å². The van der Waals surface area contributed by atoms with E-state index in [9.17, 15) is 0 Å². The second kappa shape index (κ2) is 6.92. The van der Waals surface area contributed by atoms with Crippen LogP contribution in [0.5, 0.6) is 0 Å². The number of aliphatic hydroxyl groups is 1. The highest BCUT2D eigenvalue weighted by Gasteiger charge is 2.06. The average Bonchev–Trinajstić information content (AvgIpc) is 2.92. The summed E-state index contributed by atoms with van der Waals surface area (Å²) >= 11 is 5.80. The Labute approximate surface area is 113 Å². The Bertz CT molecular complexity index is 507. The van der Waals surface area contributed by atoms with Gasteiger partial charge in [0.1, 0.15) is 12.7 Å². The summed E-state index contributed by atoms with van der Waals surface area (Å²) < 4.78 is 6.47. The normalized spacial score (nSPS) is 10.6. The van der Waals surface area contributed by atoms with Crippen molar-refractivity contribution in [3.63, 3.8) is 0 Å². The van der Waals surface area contributed by atoms with Crippen LogP contribution in [0.4, 0.5) is 5.95 Å². The molecule has 0 aromatic carbocycles. The lowest BCUT2D eigenvalue weighted by atomic mass is 10.6. The molecule has 102 valence electrons. The maximum Gasteiger partial charge on any atom is 0.258 e. The summed E-state index contributed by atoms with van der Waals surface area (Å²) in [5.41, 5.74) is 0. The molecule has 0 unspecified atom stereocenters. The number of hydrogen-bond acceptors (Lipinski definition) is 8. The Hall–Kier alpha value is -1.84. The number of nitrogens with zero attached hydrogens (tertiary/aromatic N) is 6. The summed E-state index contributed by atoms with van der Waals surface area (Å²) in [6.45, 7) is 1.19. The molecule has 0 amide bonds. The second-order valence-electron chi connectivity index (χ2n) is 3.33. The first-order valence-electron chi connectivity index (χ1n) is 5.48. The van der Waals surface area contributed by atoms with E-state index in [-0.39, 0.29) is 17.8 Å². The smallest absolute Gasteiger partial charge is 0.258 e. The first kappa shape index (κ1) is 13.6. The highest BCUT2D eigenvalue weighted by Crippen LogP contribution is 2.08. The van der Waals surface area contributed by atoms with Crippen LogP contribution < -0.4 is 5.32 Å². The van der Waals surface area contributed by atoms with Crippen LogP contribution in [-0.2, 0) is 4.74 Å². The maximum atomic E-state index is 8.55. The minimum Gasteiger partial charge on any atom is -0.394 e. The molecule has 0 radical (unpaired) electrons. The SMILES string of the molecule is OCCOCCNc1nc(Cl)nc(-n2cncn2)n1. The molecule has 10 heteroatoms. The minimum atomic E-state index is -0.00592. The van der Waals surface area contributed by atoms with Crippen molar-refractivity contribution >= 4 is 17.5 Å². The molecule has 0 aliphatic rings. The summed E-state index contributed by atoms with van der Waals surface area (Å²) in [5, 5.41) is 15.4. The number of hydrogen-bond donors (Lipinski definition) is 2. The van der Waals surface area contributed by atoms with Gasteiger partial charge < -0.3 is 15.2 Å². The van der Waals surface area contributed by atoms with Gasteiger partial charge in [-0.15, -0.1) is 0 Å². The number of anilines is 1. The topological polar surface area (TPSA) is 111 Å². The van der Waals surface area contributed by atoms with Gasteiger partial charge in [0.15, 0.2) is 0 Å². The molecule has 2 heterocycles. The zero-order valence-electron chi connectivity index (χ0n) is 9.90. The molecule has 0 saturated heterocycles. The molecular formula is C9H12ClN7O2. The number of nitrogens with one attached hydrogen (secondary N) is 1. The molecule has 0 aliphatic carbocycles. The summed E-state index contributed by atoms with van der Waals surface area (Å²) in [7, 11) is 0. The third-order valence-corrected chi connectivity index (χ3v) is 2.15. The van der Waals surface area contributed by atoms with Crippen LogP contribution in [0.3, 0.4) is 0 Å². The lowest BCUT2D eigenvalue weighted by Crippen LogP contribution is -2.14. The van der Waals surface area contributed by atoms with E-state index in [4.69, 9.17) is 21.4 Å². The van der Waals surface area contributed by atoms with Crippen LogP contribution in [0, 0.1) is 0 Å². The van der Waals surface area contributed by atoms with E-state index in [1.54, 1.807) is 0 Å². The molecule has 2 aromatic rings. The predicted molar refractivity (Wildman–Crippen MR) is 66.1 cm³/mol. The largest absolute Gasteiger partial charge is 0.394 e. The van der Waals surface area contributed by atoms with Crippen molar-refractivity contribution in [3.05, 3.63) is 17.9 Å². The first-order chi connectivity index (χ1) is 9.29. The fourth-order valence-electron chi connectivity index (χ4n) is 1.23. The molecule has 2 N–H and O–H groups in total. The van der Waals surface area contributed by atoms with Crippen molar-refractivity contribution in [1.29, 1.82) is 0 Å². The lowest BCUT2D eigenvalue weighted by molar-refractivity contribution is 0.0991. The zero-order chi connectivity index (χ0) is 13.5. The highest BCUT2D eigenvalue weighted by molar-refractivity contribution is 6.28. The van der Waals surface area contributed by atoms with Gasteiger partial charge in [0.25, 0.3) is 5.95 Å². The predicted octanol–water partition coefficient (Wildman–Crippen LogP) is -0.474. The van der Waals surface area contributed by atoms with Crippen LogP contribution in [0.15, 0.2) is 12.7 Å². The molecule has 0 fully saturated rings. The number of aromatic nitrogens is 6. The minimum absolute atomic E-state index is 0.00592. The average molecular weight is 286 g/mol. The third kappa shape index (κ3) is 4.09. The van der Waals surface area contributed by atoms with E-state index >= 15 is 0 Å². The maximum absolute atomic E-state index is 8.55. The molecule has 0 bridgehead atoms. The van der Waals surface area contributed by atoms with Gasteiger partial charge >= 0.3 is 0 Å². The monoisotopic (exact) mass is 285 g/mol. The van der Waals surface area contributed by atoms with Crippen LogP contribution in [0.2, 0.25) is 5.28 Å². The van der Waals surface area contributed by atoms with E-state index < -0.39 is 0 Å². The molecular weight excluding hydrogens is 274 g/mol. The molecule has 0 atom stereocenters. The van der Waals surface area contributed by atoms with E-state index in [1.165, 1.54) is 17.3 Å². The molecule has 9 nitrogen and oxygen atoms in total. The number of halogens is 1. The Balaban J connectivity index is 1.97. The molecule has 0 aliphatic heterocycles. The standard InChI is InChI=1S/C9H12ClN7O2/c10-7-14-8(12-1-3-19-4-2-18)16-9(15-7)17-6-11-5-13-17/h5-6,18H,1-4H2,(H,12,14,15,16). The van der Waals surface area contributed by atoms with Gasteiger partial charge in [-0.3, -0.25) is 0 Å². The summed E-state index contributed by atoms with van der Waals surface area (Å²) in [6, 6.07) is 0. The van der Waals surface area contributed by atoms with Crippen molar-refractivity contribution in [3.8, 4) is 5.95 Å². The van der Waals surface area contributed by atoms with Crippen molar-refractivity contribution < 1.29 is 9.84 Å². The van der Waals surface area contributed by atoms with E-state index in [1.807, 2.05) is 0 Å². The van der Waals surface area contributed by atoms with Gasteiger partial charge in [0.2, 0.25) is 11.2 Å². The van der Waals surface area contributed by atoms with Crippen LogP contribution in [-0.4, -0.2) is 61.2 Å². The van der Waals surface area contributed by atoms with E-state index in [0.717, 1.165) is 0 Å². The Morgan fingerprint density at radius 3 is 2.95 bits per heavy atom. The van der Waals surface area contributed by atoms with Gasteiger partial charge in [0.05, 0.1) is 19.8 Å². The second-order valence-corrected chi connectivity index (χ2v) is 3.67. The van der Waals surface area contributed by atoms with E-state index in [0.29, 0.717) is 25.7 Å². The van der Waals surface area contributed by atoms with E-state index in [2.05, 4.69) is 30.4 Å². The van der Waals surface area contributed by atoms with Crippen LogP contribution >= 0.6 is 11.6 Å². The van der Waals surface area contributed by atoms with Crippen LogP contribution in [0.1, 0.15) is 0 Å². The summed E-state index contributed by atoms with van der Waals surface area (Å²) in [4.78, 5) is 15.8. The first-order valence-corrected chi connectivity index (χ1v) is 5.86. The molecule has 0 saturated carbocycles. The fraction of sp³-hybridized carbons (Fsp3) is 0.444. The van der Waals surface area contributed by atoms with Gasteiger partial charge in [-0.1, -0.05) is 0 Å². The Morgan fingerprint density at radius 2 is 2.21 bits per heavy atom. The third-order valence-electron chi connectivity index (χ3n) is 1.99. The summed E-state index contributed by atoms with van der Waals surface area (Å²) in [5.74, 6) is 0.592. The Morgan fingerprint density at radius 1 is 1.32 bits per heavy atom. The highest BCUT2D eigenvalue weighted by atomic mass is 35.5. The number of aliphatic hydroxyl groups excluding tert-OH is 1. The zero-order valence-corrected chi connectivity index (χ0v) is 10.7. The fourth-order valence-corrected chi connectivity index (χ4v) is 1.39. The number of rotatable bonds is 7. The van der Waals surface area contributed by atoms with Crippen molar-refractivity contribution in [2.45, 2.75) is 0 Å². The Kier molecular flexibility index (Phi) is 4.95. The van der Waals surface area contributed by atoms with Crippen molar-refractivity contribution in [2.24, 2.45) is 0 Å². The van der Waals surface area contributed by atoms with Gasteiger partial charge in [0, 0.05) is 6.54 Å².